The Balaban J connectivity index is 3.46. The van der Waals surface area contributed by atoms with Gasteiger partial charge in [0.05, 0.1) is 6.61 Å². The molecule has 0 saturated carbocycles. The summed E-state index contributed by atoms with van der Waals surface area (Å²) in [4.78, 5) is 16.5. The Kier molecular flexibility index (Phi) is 4.13. The van der Waals surface area contributed by atoms with E-state index in [1.165, 1.54) is 0 Å². The van der Waals surface area contributed by atoms with Crippen molar-refractivity contribution in [2.75, 3.05) is 6.61 Å². The highest BCUT2D eigenvalue weighted by molar-refractivity contribution is 7.46. The van der Waals surface area contributed by atoms with Crippen molar-refractivity contribution in [3.63, 3.8) is 0 Å². The molecule has 0 spiro atoms. The molecule has 10 heavy (non-hydrogen) atoms. The molecule has 1 atom stereocenters. The quantitative estimate of drug-likeness (QED) is 0.617. The first-order chi connectivity index (χ1) is 4.45. The van der Waals surface area contributed by atoms with Gasteiger partial charge in [-0.3, -0.25) is 4.52 Å². The van der Waals surface area contributed by atoms with Crippen LogP contribution < -0.4 is 0 Å². The molecule has 0 aliphatic carbocycles. The highest BCUT2D eigenvalue weighted by Crippen LogP contribution is 2.36. The van der Waals surface area contributed by atoms with Crippen molar-refractivity contribution in [3.05, 3.63) is 0 Å². The molecule has 0 rings (SSSR count). The summed E-state index contributed by atoms with van der Waals surface area (Å²) in [5.41, 5.74) is 0. The first-order valence-electron chi connectivity index (χ1n) is 3.15. The summed E-state index contributed by atoms with van der Waals surface area (Å²) < 4.78 is 14.4. The molecule has 5 heteroatoms. The summed E-state index contributed by atoms with van der Waals surface area (Å²) in [5, 5.41) is 0. The summed E-state index contributed by atoms with van der Waals surface area (Å²) >= 11 is 0. The van der Waals surface area contributed by atoms with Crippen molar-refractivity contribution >= 4 is 7.82 Å². The lowest BCUT2D eigenvalue weighted by Gasteiger charge is -2.08. The fourth-order valence-electron chi connectivity index (χ4n) is 0.342. The summed E-state index contributed by atoms with van der Waals surface area (Å²) in [6.45, 7) is 3.93. The molecule has 0 bridgehead atoms. The molecular formula is C5H13O4P. The second kappa shape index (κ2) is 4.09. The van der Waals surface area contributed by atoms with Crippen LogP contribution >= 0.6 is 7.82 Å². The van der Waals surface area contributed by atoms with Gasteiger partial charge in [-0.1, -0.05) is 20.3 Å². The molecule has 0 aromatic rings. The first kappa shape index (κ1) is 10.1. The Morgan fingerprint density at radius 1 is 1.60 bits per heavy atom. The first-order valence-corrected chi connectivity index (χ1v) is 4.69. The molecule has 0 unspecified atom stereocenters. The predicted octanol–water partition coefficient (Wildman–Crippen LogP) is 1.14. The lowest BCUT2D eigenvalue weighted by atomic mass is 10.1. The normalized spacial score (nSPS) is 15.2. The average molecular weight is 168 g/mol. The maximum Gasteiger partial charge on any atom is 0.469 e. The van der Waals surface area contributed by atoms with E-state index in [1.54, 1.807) is 0 Å². The molecule has 0 saturated heterocycles. The van der Waals surface area contributed by atoms with Crippen LogP contribution in [-0.4, -0.2) is 16.4 Å². The van der Waals surface area contributed by atoms with Gasteiger partial charge in [0, 0.05) is 0 Å². The summed E-state index contributed by atoms with van der Waals surface area (Å²) in [7, 11) is -4.23. The molecule has 0 aromatic heterocycles. The maximum absolute atomic E-state index is 10.1. The largest absolute Gasteiger partial charge is 0.469 e. The second-order valence-corrected chi connectivity index (χ2v) is 3.54. The number of phosphoric acid groups is 1. The molecule has 0 aromatic carbocycles. The van der Waals surface area contributed by atoms with Gasteiger partial charge in [-0.25, -0.2) is 4.57 Å². The van der Waals surface area contributed by atoms with Crippen molar-refractivity contribution in [2.24, 2.45) is 5.92 Å². The SMILES string of the molecule is CC[C@@H](C)COP(=O)(O)O. The van der Waals surface area contributed by atoms with Crippen LogP contribution in [0.2, 0.25) is 0 Å². The van der Waals surface area contributed by atoms with Crippen molar-refractivity contribution in [1.82, 2.24) is 0 Å². The average Bonchev–Trinajstić information content (AvgIpc) is 1.81. The van der Waals surface area contributed by atoms with Crippen LogP contribution in [0.3, 0.4) is 0 Å². The van der Waals surface area contributed by atoms with Gasteiger partial charge in [0.2, 0.25) is 0 Å². The van der Waals surface area contributed by atoms with E-state index in [9.17, 15) is 4.57 Å². The van der Waals surface area contributed by atoms with Crippen LogP contribution in [0, 0.1) is 5.92 Å². The Morgan fingerprint density at radius 3 is 2.40 bits per heavy atom. The molecule has 62 valence electrons. The van der Waals surface area contributed by atoms with Crippen LogP contribution in [0.1, 0.15) is 20.3 Å². The standard InChI is InChI=1S/C5H13O4P/c1-3-5(2)4-9-10(6,7)8/h5H,3-4H2,1-2H3,(H2,6,7,8)/t5-/m1/s1. The third-order valence-corrected chi connectivity index (χ3v) is 1.71. The second-order valence-electron chi connectivity index (χ2n) is 2.30. The van der Waals surface area contributed by atoms with Crippen LogP contribution in [0.4, 0.5) is 0 Å². The van der Waals surface area contributed by atoms with Crippen molar-refractivity contribution < 1.29 is 18.9 Å². The van der Waals surface area contributed by atoms with Gasteiger partial charge in [-0.15, -0.1) is 0 Å². The third kappa shape index (κ3) is 6.23. The van der Waals surface area contributed by atoms with Gasteiger partial charge in [-0.2, -0.15) is 0 Å². The summed E-state index contributed by atoms with van der Waals surface area (Å²) in [6, 6.07) is 0. The van der Waals surface area contributed by atoms with Crippen LogP contribution in [-0.2, 0) is 9.09 Å². The van der Waals surface area contributed by atoms with Crippen LogP contribution in [0.15, 0.2) is 0 Å². The van der Waals surface area contributed by atoms with Crippen molar-refractivity contribution in [1.29, 1.82) is 0 Å². The number of rotatable bonds is 4. The van der Waals surface area contributed by atoms with Crippen LogP contribution in [0.25, 0.3) is 0 Å². The fourth-order valence-corrected chi connectivity index (χ4v) is 0.791. The monoisotopic (exact) mass is 168 g/mol. The molecule has 0 aliphatic rings. The zero-order valence-electron chi connectivity index (χ0n) is 6.15. The lowest BCUT2D eigenvalue weighted by molar-refractivity contribution is 0.171. The molecule has 0 aliphatic heterocycles. The minimum Gasteiger partial charge on any atom is -0.303 e. The molecule has 0 amide bonds. The smallest absolute Gasteiger partial charge is 0.303 e. The topological polar surface area (TPSA) is 66.8 Å². The van der Waals surface area contributed by atoms with E-state index < -0.39 is 7.82 Å². The molecule has 0 fully saturated rings. The number of hydrogen-bond acceptors (Lipinski definition) is 2. The minimum absolute atomic E-state index is 0.126. The highest BCUT2D eigenvalue weighted by Gasteiger charge is 2.14. The molecule has 4 nitrogen and oxygen atoms in total. The van der Waals surface area contributed by atoms with E-state index in [4.69, 9.17) is 9.79 Å². The van der Waals surface area contributed by atoms with Crippen molar-refractivity contribution in [2.45, 2.75) is 20.3 Å². The Hall–Kier alpha value is 0.110. The van der Waals surface area contributed by atoms with Crippen LogP contribution in [0.5, 0.6) is 0 Å². The van der Waals surface area contributed by atoms with E-state index in [2.05, 4.69) is 4.52 Å². The maximum atomic E-state index is 10.1. The molecule has 0 heterocycles. The van der Waals surface area contributed by atoms with E-state index in [0.29, 0.717) is 0 Å². The van der Waals surface area contributed by atoms with Gasteiger partial charge in [0.15, 0.2) is 0 Å². The number of hydrogen-bond donors (Lipinski definition) is 2. The summed E-state index contributed by atoms with van der Waals surface area (Å²) in [6.07, 6.45) is 0.861. The highest BCUT2D eigenvalue weighted by atomic mass is 31.2. The van der Waals surface area contributed by atoms with Gasteiger partial charge >= 0.3 is 7.82 Å². The summed E-state index contributed by atoms with van der Waals surface area (Å²) in [5.74, 6) is 0.202. The molecule has 2 N–H and O–H groups in total. The fraction of sp³-hybridized carbons (Fsp3) is 1.00. The molecule has 0 radical (unpaired) electrons. The van der Waals surface area contributed by atoms with E-state index in [-0.39, 0.29) is 12.5 Å². The lowest BCUT2D eigenvalue weighted by Crippen LogP contribution is -2.02. The minimum atomic E-state index is -4.23. The van der Waals surface area contributed by atoms with Gasteiger partial charge in [0.25, 0.3) is 0 Å². The van der Waals surface area contributed by atoms with E-state index >= 15 is 0 Å². The zero-order valence-corrected chi connectivity index (χ0v) is 7.04. The Bertz CT molecular complexity index is 130. The van der Waals surface area contributed by atoms with Gasteiger partial charge in [0.1, 0.15) is 0 Å². The molecular weight excluding hydrogens is 155 g/mol. The Morgan fingerprint density at radius 2 is 2.10 bits per heavy atom. The zero-order chi connectivity index (χ0) is 8.20. The van der Waals surface area contributed by atoms with Gasteiger partial charge in [-0.05, 0) is 5.92 Å². The third-order valence-electron chi connectivity index (χ3n) is 1.22. The Labute approximate surface area is 60.5 Å². The van der Waals surface area contributed by atoms with Crippen molar-refractivity contribution in [3.8, 4) is 0 Å². The van der Waals surface area contributed by atoms with E-state index in [0.717, 1.165) is 6.42 Å². The number of phosphoric ester groups is 1. The van der Waals surface area contributed by atoms with Gasteiger partial charge < -0.3 is 9.79 Å². The van der Waals surface area contributed by atoms with E-state index in [1.807, 2.05) is 13.8 Å². The predicted molar refractivity (Wildman–Crippen MR) is 37.5 cm³/mol.